The molecule has 0 heterocycles. The summed E-state index contributed by atoms with van der Waals surface area (Å²) in [6, 6.07) is 15.3. The zero-order valence-electron chi connectivity index (χ0n) is 13.4. The molecular formula is C20H20O2. The van der Waals surface area contributed by atoms with Crippen molar-refractivity contribution in [2.45, 2.75) is 33.3 Å². The second-order valence-electron chi connectivity index (χ2n) is 6.17. The van der Waals surface area contributed by atoms with Crippen LogP contribution in [0.1, 0.15) is 47.8 Å². The molecule has 0 amide bonds. The van der Waals surface area contributed by atoms with E-state index < -0.39 is 5.60 Å². The summed E-state index contributed by atoms with van der Waals surface area (Å²) in [5, 5.41) is 0. The van der Waals surface area contributed by atoms with Gasteiger partial charge in [0.25, 0.3) is 0 Å². The highest BCUT2D eigenvalue weighted by Crippen LogP contribution is 2.17. The fourth-order valence-corrected chi connectivity index (χ4v) is 1.93. The van der Waals surface area contributed by atoms with Gasteiger partial charge in [0.05, 0.1) is 5.56 Å². The van der Waals surface area contributed by atoms with Gasteiger partial charge in [0.15, 0.2) is 0 Å². The average Bonchev–Trinajstić information content (AvgIpc) is 2.45. The number of aryl methyl sites for hydroxylation is 1. The lowest BCUT2D eigenvalue weighted by Crippen LogP contribution is -2.24. The average molecular weight is 292 g/mol. The molecule has 0 fully saturated rings. The van der Waals surface area contributed by atoms with Crippen molar-refractivity contribution in [3.8, 4) is 11.8 Å². The Kier molecular flexibility index (Phi) is 4.68. The Balaban J connectivity index is 2.37. The molecule has 112 valence electrons. The topological polar surface area (TPSA) is 26.3 Å². The molecule has 2 aromatic rings. The smallest absolute Gasteiger partial charge is 0.339 e. The van der Waals surface area contributed by atoms with Gasteiger partial charge < -0.3 is 4.74 Å². The van der Waals surface area contributed by atoms with Crippen molar-refractivity contribution in [3.05, 3.63) is 70.8 Å². The lowest BCUT2D eigenvalue weighted by molar-refractivity contribution is 0.00691. The van der Waals surface area contributed by atoms with Crippen LogP contribution >= 0.6 is 0 Å². The van der Waals surface area contributed by atoms with Crippen molar-refractivity contribution in [1.82, 2.24) is 0 Å². The predicted octanol–water partition coefficient (Wildman–Crippen LogP) is 4.35. The van der Waals surface area contributed by atoms with Crippen molar-refractivity contribution >= 4 is 5.97 Å². The Labute approximate surface area is 132 Å². The van der Waals surface area contributed by atoms with Crippen molar-refractivity contribution in [3.63, 3.8) is 0 Å². The fraction of sp³-hybridized carbons (Fsp3) is 0.250. The maximum Gasteiger partial charge on any atom is 0.339 e. The molecule has 0 spiro atoms. The predicted molar refractivity (Wildman–Crippen MR) is 88.8 cm³/mol. The number of esters is 1. The van der Waals surface area contributed by atoms with E-state index in [1.54, 1.807) is 0 Å². The molecular weight excluding hydrogens is 272 g/mol. The summed E-state index contributed by atoms with van der Waals surface area (Å²) in [6.07, 6.45) is 0. The molecule has 0 aromatic heterocycles. The molecule has 0 unspecified atom stereocenters. The number of ether oxygens (including phenoxy) is 1. The maximum absolute atomic E-state index is 12.4. The van der Waals surface area contributed by atoms with E-state index in [0.717, 1.165) is 11.1 Å². The summed E-state index contributed by atoms with van der Waals surface area (Å²) in [4.78, 5) is 12.4. The molecule has 0 saturated heterocycles. The Morgan fingerprint density at radius 2 is 1.68 bits per heavy atom. The van der Waals surface area contributed by atoms with Gasteiger partial charge in [0.1, 0.15) is 5.60 Å². The van der Waals surface area contributed by atoms with Gasteiger partial charge in [-0.15, -0.1) is 0 Å². The van der Waals surface area contributed by atoms with Crippen molar-refractivity contribution in [2.24, 2.45) is 0 Å². The van der Waals surface area contributed by atoms with E-state index in [-0.39, 0.29) is 5.97 Å². The van der Waals surface area contributed by atoms with Gasteiger partial charge >= 0.3 is 5.97 Å². The minimum absolute atomic E-state index is 0.339. The summed E-state index contributed by atoms with van der Waals surface area (Å²) in [7, 11) is 0. The molecule has 0 aliphatic rings. The minimum Gasteiger partial charge on any atom is -0.456 e. The Bertz CT molecular complexity index is 726. The van der Waals surface area contributed by atoms with Crippen LogP contribution in [0.25, 0.3) is 0 Å². The molecule has 22 heavy (non-hydrogen) atoms. The number of benzene rings is 2. The van der Waals surface area contributed by atoms with Gasteiger partial charge in [-0.3, -0.25) is 0 Å². The second kappa shape index (κ2) is 6.49. The van der Waals surface area contributed by atoms with E-state index in [1.165, 1.54) is 0 Å². The SMILES string of the molecule is Cc1ccc(C#Cc2ccccc2)c(C(=O)OC(C)(C)C)c1. The minimum atomic E-state index is -0.523. The van der Waals surface area contributed by atoms with Crippen LogP contribution in [0.15, 0.2) is 48.5 Å². The first-order chi connectivity index (χ1) is 10.3. The standard InChI is InChI=1S/C20H20O2/c1-15-10-12-17(13-11-16-8-6-5-7-9-16)18(14-15)19(21)22-20(2,3)4/h5-10,12,14H,1-4H3. The molecule has 0 atom stereocenters. The van der Waals surface area contributed by atoms with Crippen molar-refractivity contribution < 1.29 is 9.53 Å². The van der Waals surface area contributed by atoms with Crippen LogP contribution < -0.4 is 0 Å². The number of carbonyl (C=O) groups is 1. The molecule has 2 heteroatoms. The largest absolute Gasteiger partial charge is 0.456 e. The van der Waals surface area contributed by atoms with Crippen LogP contribution in [0.4, 0.5) is 0 Å². The summed E-state index contributed by atoms with van der Waals surface area (Å²) in [5.74, 6) is 5.81. The highest BCUT2D eigenvalue weighted by atomic mass is 16.6. The lowest BCUT2D eigenvalue weighted by Gasteiger charge is -2.20. The van der Waals surface area contributed by atoms with Gasteiger partial charge in [0, 0.05) is 11.1 Å². The van der Waals surface area contributed by atoms with E-state index in [2.05, 4.69) is 11.8 Å². The lowest BCUT2D eigenvalue weighted by atomic mass is 10.0. The molecule has 0 N–H and O–H groups in total. The zero-order valence-corrected chi connectivity index (χ0v) is 13.4. The van der Waals surface area contributed by atoms with Gasteiger partial charge in [-0.1, -0.05) is 41.7 Å². The molecule has 2 rings (SSSR count). The summed E-state index contributed by atoms with van der Waals surface area (Å²) < 4.78 is 5.46. The van der Waals surface area contributed by atoms with E-state index in [4.69, 9.17) is 4.74 Å². The first-order valence-corrected chi connectivity index (χ1v) is 7.26. The summed E-state index contributed by atoms with van der Waals surface area (Å²) >= 11 is 0. The Morgan fingerprint density at radius 3 is 2.32 bits per heavy atom. The quantitative estimate of drug-likeness (QED) is 0.577. The number of hydrogen-bond donors (Lipinski definition) is 0. The summed E-state index contributed by atoms with van der Waals surface area (Å²) in [5.41, 5.74) is 2.59. The van der Waals surface area contributed by atoms with Crippen molar-refractivity contribution in [1.29, 1.82) is 0 Å². The summed E-state index contributed by atoms with van der Waals surface area (Å²) in [6.45, 7) is 7.52. The first kappa shape index (κ1) is 15.9. The normalized spacial score (nSPS) is 10.5. The number of hydrogen-bond acceptors (Lipinski definition) is 2. The van der Waals surface area contributed by atoms with Crippen LogP contribution in [0.2, 0.25) is 0 Å². The molecule has 0 radical (unpaired) electrons. The van der Waals surface area contributed by atoms with E-state index in [0.29, 0.717) is 11.1 Å². The molecule has 0 saturated carbocycles. The first-order valence-electron chi connectivity index (χ1n) is 7.26. The molecule has 2 aromatic carbocycles. The molecule has 0 bridgehead atoms. The maximum atomic E-state index is 12.4. The molecule has 0 aliphatic heterocycles. The van der Waals surface area contributed by atoms with E-state index in [9.17, 15) is 4.79 Å². The third-order valence-electron chi connectivity index (χ3n) is 2.91. The number of carbonyl (C=O) groups excluding carboxylic acids is 1. The van der Waals surface area contributed by atoms with Crippen LogP contribution in [0.5, 0.6) is 0 Å². The van der Waals surface area contributed by atoms with Crippen LogP contribution in [0, 0.1) is 18.8 Å². The van der Waals surface area contributed by atoms with Gasteiger partial charge in [-0.2, -0.15) is 0 Å². The number of rotatable bonds is 1. The van der Waals surface area contributed by atoms with Crippen LogP contribution in [0.3, 0.4) is 0 Å². The highest BCUT2D eigenvalue weighted by molar-refractivity contribution is 5.93. The monoisotopic (exact) mass is 292 g/mol. The Morgan fingerprint density at radius 1 is 1.00 bits per heavy atom. The van der Waals surface area contributed by atoms with Crippen LogP contribution in [-0.4, -0.2) is 11.6 Å². The molecule has 2 nitrogen and oxygen atoms in total. The highest BCUT2D eigenvalue weighted by Gasteiger charge is 2.20. The van der Waals surface area contributed by atoms with Crippen LogP contribution in [-0.2, 0) is 4.74 Å². The van der Waals surface area contributed by atoms with Gasteiger partial charge in [0.2, 0.25) is 0 Å². The third kappa shape index (κ3) is 4.49. The fourth-order valence-electron chi connectivity index (χ4n) is 1.93. The third-order valence-corrected chi connectivity index (χ3v) is 2.91. The van der Waals surface area contributed by atoms with Crippen molar-refractivity contribution in [2.75, 3.05) is 0 Å². The molecule has 0 aliphatic carbocycles. The van der Waals surface area contributed by atoms with Gasteiger partial charge in [-0.25, -0.2) is 4.79 Å². The van der Waals surface area contributed by atoms with E-state index in [1.807, 2.05) is 76.2 Å². The van der Waals surface area contributed by atoms with Gasteiger partial charge in [-0.05, 0) is 52.0 Å². The Hall–Kier alpha value is -2.53. The zero-order chi connectivity index (χ0) is 16.2. The van der Waals surface area contributed by atoms with E-state index >= 15 is 0 Å². The second-order valence-corrected chi connectivity index (χ2v) is 6.17.